The molecule has 0 fully saturated rings. The van der Waals surface area contributed by atoms with Crippen molar-refractivity contribution in [2.24, 2.45) is 0 Å². The van der Waals surface area contributed by atoms with Crippen LogP contribution in [-0.4, -0.2) is 32.1 Å². The molecule has 0 saturated heterocycles. The Kier molecular flexibility index (Phi) is 5.53. The van der Waals surface area contributed by atoms with E-state index < -0.39 is 23.4 Å². The minimum absolute atomic E-state index is 0.0342. The quantitative estimate of drug-likeness (QED) is 0.619. The molecule has 6 nitrogen and oxygen atoms in total. The minimum atomic E-state index is -0.940. The van der Waals surface area contributed by atoms with Crippen LogP contribution < -0.4 is 20.1 Å². The molecule has 0 spiro atoms. The van der Waals surface area contributed by atoms with Crippen molar-refractivity contribution < 1.29 is 27.8 Å². The standard InChI is InChI=1S/C23H18F2N2O4/c1-30-20-7-6-13-10-16(20)23(29)27-19-11-15(17(24)12-18(19)25)14-4-2-3-5-21(14)31-9-8-26-22(13)28/h2-7,10-12H,8-9H2,1H3,(H,26,28)(H,27,29). The van der Waals surface area contributed by atoms with Crippen LogP contribution in [0, 0.1) is 11.6 Å². The van der Waals surface area contributed by atoms with Crippen molar-refractivity contribution in [3.05, 3.63) is 77.4 Å². The largest absolute Gasteiger partial charge is 0.496 e. The number of hydrogen-bond acceptors (Lipinski definition) is 4. The van der Waals surface area contributed by atoms with E-state index in [0.717, 1.165) is 0 Å². The molecule has 1 aliphatic heterocycles. The molecule has 0 atom stereocenters. The van der Waals surface area contributed by atoms with Gasteiger partial charge in [0.15, 0.2) is 0 Å². The molecule has 158 valence electrons. The maximum absolute atomic E-state index is 14.6. The number of amides is 2. The number of para-hydroxylation sites is 1. The molecule has 2 N–H and O–H groups in total. The summed E-state index contributed by atoms with van der Waals surface area (Å²) in [5.74, 6) is -2.30. The molecule has 8 heteroatoms. The average Bonchev–Trinajstić information content (AvgIpc) is 2.78. The number of ether oxygens (including phenoxy) is 2. The second kappa shape index (κ2) is 8.43. The second-order valence-electron chi connectivity index (χ2n) is 6.78. The highest BCUT2D eigenvalue weighted by Gasteiger charge is 2.20. The number of benzene rings is 3. The Morgan fingerprint density at radius 2 is 1.71 bits per heavy atom. The summed E-state index contributed by atoms with van der Waals surface area (Å²) < 4.78 is 40.1. The van der Waals surface area contributed by atoms with E-state index in [9.17, 15) is 18.4 Å². The third kappa shape index (κ3) is 4.05. The van der Waals surface area contributed by atoms with Crippen molar-refractivity contribution in [3.8, 4) is 22.6 Å². The molecule has 2 amide bonds. The number of nitrogens with one attached hydrogen (secondary N) is 2. The van der Waals surface area contributed by atoms with Crippen molar-refractivity contribution in [2.75, 3.05) is 25.6 Å². The number of fused-ring (bicyclic) bond motifs is 6. The molecule has 4 bridgehead atoms. The zero-order chi connectivity index (χ0) is 22.0. The molecule has 0 saturated carbocycles. The molecule has 1 aliphatic rings. The molecule has 1 heterocycles. The predicted octanol–water partition coefficient (Wildman–Crippen LogP) is 4.01. The molecule has 0 aliphatic carbocycles. The van der Waals surface area contributed by atoms with Crippen LogP contribution in [0.2, 0.25) is 0 Å². The normalized spacial score (nSPS) is 13.6. The van der Waals surface area contributed by atoms with Crippen LogP contribution >= 0.6 is 0 Å². The molecule has 0 radical (unpaired) electrons. The Labute approximate surface area is 176 Å². The van der Waals surface area contributed by atoms with Crippen LogP contribution in [0.15, 0.2) is 54.6 Å². The summed E-state index contributed by atoms with van der Waals surface area (Å²) in [4.78, 5) is 25.4. The lowest BCUT2D eigenvalue weighted by Crippen LogP contribution is -2.28. The van der Waals surface area contributed by atoms with E-state index in [2.05, 4.69) is 10.6 Å². The van der Waals surface area contributed by atoms with Gasteiger partial charge in [0.1, 0.15) is 29.7 Å². The maximum Gasteiger partial charge on any atom is 0.259 e. The summed E-state index contributed by atoms with van der Waals surface area (Å²) in [5.41, 5.74) is 0.484. The summed E-state index contributed by atoms with van der Waals surface area (Å²) in [7, 11) is 1.37. The predicted molar refractivity (Wildman–Crippen MR) is 111 cm³/mol. The fourth-order valence-electron chi connectivity index (χ4n) is 3.31. The number of carbonyl (C=O) groups is 2. The average molecular weight is 424 g/mol. The van der Waals surface area contributed by atoms with Crippen LogP contribution in [-0.2, 0) is 0 Å². The van der Waals surface area contributed by atoms with E-state index in [1.54, 1.807) is 24.3 Å². The first-order valence-electron chi connectivity index (χ1n) is 9.47. The third-order valence-electron chi connectivity index (χ3n) is 4.83. The number of anilines is 1. The van der Waals surface area contributed by atoms with Gasteiger partial charge in [0.25, 0.3) is 11.8 Å². The van der Waals surface area contributed by atoms with Crippen LogP contribution in [0.4, 0.5) is 14.5 Å². The van der Waals surface area contributed by atoms with E-state index >= 15 is 0 Å². The van der Waals surface area contributed by atoms with Crippen molar-refractivity contribution in [2.45, 2.75) is 0 Å². The van der Waals surface area contributed by atoms with Crippen LogP contribution in [0.3, 0.4) is 0 Å². The first-order chi connectivity index (χ1) is 15.0. The smallest absolute Gasteiger partial charge is 0.259 e. The van der Waals surface area contributed by atoms with Gasteiger partial charge in [0.05, 0.1) is 24.9 Å². The molecule has 3 aromatic rings. The summed E-state index contributed by atoms with van der Waals surface area (Å²) in [6.07, 6.45) is 0. The minimum Gasteiger partial charge on any atom is -0.496 e. The lowest BCUT2D eigenvalue weighted by atomic mass is 10.0. The number of halogens is 2. The van der Waals surface area contributed by atoms with Crippen molar-refractivity contribution in [1.82, 2.24) is 5.32 Å². The van der Waals surface area contributed by atoms with Crippen molar-refractivity contribution in [3.63, 3.8) is 0 Å². The van der Waals surface area contributed by atoms with Crippen LogP contribution in [0.5, 0.6) is 11.5 Å². The maximum atomic E-state index is 14.6. The summed E-state index contributed by atoms with van der Waals surface area (Å²) >= 11 is 0. The van der Waals surface area contributed by atoms with Gasteiger partial charge in [0, 0.05) is 22.8 Å². The number of carbonyl (C=O) groups excluding carboxylic acids is 2. The van der Waals surface area contributed by atoms with Gasteiger partial charge in [-0.15, -0.1) is 0 Å². The van der Waals surface area contributed by atoms with E-state index in [0.29, 0.717) is 17.4 Å². The molecule has 3 aromatic carbocycles. The number of methoxy groups -OCH3 is 1. The van der Waals surface area contributed by atoms with Crippen LogP contribution in [0.1, 0.15) is 20.7 Å². The fraction of sp³-hybridized carbons (Fsp3) is 0.130. The lowest BCUT2D eigenvalue weighted by Gasteiger charge is -2.14. The van der Waals surface area contributed by atoms with E-state index in [1.807, 2.05) is 0 Å². The zero-order valence-electron chi connectivity index (χ0n) is 16.5. The molecular weight excluding hydrogens is 406 g/mol. The Balaban J connectivity index is 1.86. The molecule has 4 rings (SSSR count). The highest BCUT2D eigenvalue weighted by molar-refractivity contribution is 6.08. The van der Waals surface area contributed by atoms with Gasteiger partial charge >= 0.3 is 0 Å². The van der Waals surface area contributed by atoms with Crippen molar-refractivity contribution >= 4 is 17.5 Å². The first kappa shape index (κ1) is 20.3. The Morgan fingerprint density at radius 3 is 2.52 bits per heavy atom. The Morgan fingerprint density at radius 1 is 0.903 bits per heavy atom. The molecule has 0 aromatic heterocycles. The lowest BCUT2D eigenvalue weighted by molar-refractivity contribution is 0.0947. The van der Waals surface area contributed by atoms with Gasteiger partial charge in [-0.1, -0.05) is 18.2 Å². The summed E-state index contributed by atoms with van der Waals surface area (Å²) in [6.45, 7) is 0.302. The van der Waals surface area contributed by atoms with Gasteiger partial charge in [-0.25, -0.2) is 8.78 Å². The second-order valence-corrected chi connectivity index (χ2v) is 6.78. The van der Waals surface area contributed by atoms with E-state index in [1.165, 1.54) is 31.4 Å². The zero-order valence-corrected chi connectivity index (χ0v) is 16.5. The number of hydrogen-bond donors (Lipinski definition) is 2. The first-order valence-corrected chi connectivity index (χ1v) is 9.47. The van der Waals surface area contributed by atoms with Gasteiger partial charge in [-0.05, 0) is 30.3 Å². The van der Waals surface area contributed by atoms with Crippen LogP contribution in [0.25, 0.3) is 11.1 Å². The van der Waals surface area contributed by atoms with Gasteiger partial charge in [-0.2, -0.15) is 0 Å². The summed E-state index contributed by atoms with van der Waals surface area (Å²) in [5, 5.41) is 5.14. The van der Waals surface area contributed by atoms with Crippen molar-refractivity contribution in [1.29, 1.82) is 0 Å². The molecular formula is C23H18F2N2O4. The monoisotopic (exact) mass is 424 g/mol. The van der Waals surface area contributed by atoms with E-state index in [4.69, 9.17) is 9.47 Å². The number of rotatable bonds is 1. The SMILES string of the molecule is COc1ccc2cc1C(=O)Nc1cc(c(F)cc1F)-c1ccccc1OCCNC2=O. The summed E-state index contributed by atoms with van der Waals surface area (Å²) in [6, 6.07) is 12.9. The fourth-order valence-corrected chi connectivity index (χ4v) is 3.31. The molecule has 31 heavy (non-hydrogen) atoms. The van der Waals surface area contributed by atoms with Gasteiger partial charge in [-0.3, -0.25) is 9.59 Å². The Hall–Kier alpha value is -3.94. The third-order valence-corrected chi connectivity index (χ3v) is 4.83. The topological polar surface area (TPSA) is 76.7 Å². The van der Waals surface area contributed by atoms with E-state index in [-0.39, 0.29) is 41.3 Å². The highest BCUT2D eigenvalue weighted by atomic mass is 19.1. The van der Waals surface area contributed by atoms with Gasteiger partial charge < -0.3 is 20.1 Å². The highest BCUT2D eigenvalue weighted by Crippen LogP contribution is 2.35. The molecule has 0 unspecified atom stereocenters. The Bertz CT molecular complexity index is 1180. The van der Waals surface area contributed by atoms with Gasteiger partial charge in [0.2, 0.25) is 0 Å².